The number of carbonyl (C=O) groups excluding carboxylic acids is 2. The Morgan fingerprint density at radius 2 is 1.66 bits per heavy atom. The summed E-state index contributed by atoms with van der Waals surface area (Å²) in [7, 11) is -4.03. The van der Waals surface area contributed by atoms with Crippen molar-refractivity contribution in [3.8, 4) is 0 Å². The molecule has 5 atom stereocenters. The van der Waals surface area contributed by atoms with Gasteiger partial charge in [-0.15, -0.1) is 0 Å². The Morgan fingerprint density at radius 1 is 1.00 bits per heavy atom. The molecular weight excluding hydrogens is 579 g/mol. The molecule has 4 unspecified atom stereocenters. The summed E-state index contributed by atoms with van der Waals surface area (Å²) < 4.78 is 67.9. The van der Waals surface area contributed by atoms with Gasteiger partial charge in [0.05, 0.1) is 20.8 Å². The van der Waals surface area contributed by atoms with E-state index in [-0.39, 0.29) is 64.0 Å². The smallest absolute Gasteiger partial charge is 0.255 e. The quantitative estimate of drug-likeness (QED) is 0.266. The molecule has 2 aromatic rings. The number of rotatable bonds is 8. The van der Waals surface area contributed by atoms with Gasteiger partial charge in [-0.2, -0.15) is 0 Å². The van der Waals surface area contributed by atoms with E-state index in [9.17, 15) is 36.3 Å². The zero-order valence-corrected chi connectivity index (χ0v) is 23.8. The number of hydrogen-bond donors (Lipinski definition) is 2. The first-order valence-electron chi connectivity index (χ1n) is 13.8. The number of ketones is 1. The fraction of sp³-hybridized carbons (Fsp3) is 0.467. The lowest BCUT2D eigenvalue weighted by Crippen LogP contribution is -2.48. The van der Waals surface area contributed by atoms with E-state index in [1.54, 1.807) is 0 Å². The van der Waals surface area contributed by atoms with Gasteiger partial charge < -0.3 is 10.4 Å². The molecule has 0 aromatic heterocycles. The van der Waals surface area contributed by atoms with E-state index in [2.05, 4.69) is 11.4 Å². The zero-order valence-electron chi connectivity index (χ0n) is 22.2. The minimum atomic E-state index is -4.03. The molecule has 0 heterocycles. The lowest BCUT2D eigenvalue weighted by atomic mass is 9.71. The van der Waals surface area contributed by atoms with Crippen molar-refractivity contribution in [2.75, 3.05) is 5.32 Å². The number of benzene rings is 2. The van der Waals surface area contributed by atoms with Crippen molar-refractivity contribution in [2.24, 2.45) is 17.8 Å². The van der Waals surface area contributed by atoms with Crippen LogP contribution in [-0.4, -0.2) is 36.1 Å². The molecule has 41 heavy (non-hydrogen) atoms. The molecule has 220 valence electrons. The number of hydrogen-bond acceptors (Lipinski definition) is 5. The monoisotopic (exact) mass is 609 g/mol. The highest BCUT2D eigenvalue weighted by atomic mass is 35.5. The van der Waals surface area contributed by atoms with Gasteiger partial charge in [-0.1, -0.05) is 23.8 Å². The van der Waals surface area contributed by atoms with E-state index in [0.717, 1.165) is 25.3 Å². The van der Waals surface area contributed by atoms with E-state index in [1.165, 1.54) is 12.1 Å². The highest BCUT2D eigenvalue weighted by molar-refractivity contribution is 7.92. The van der Waals surface area contributed by atoms with Crippen LogP contribution >= 0.6 is 11.6 Å². The van der Waals surface area contributed by atoms with Crippen molar-refractivity contribution in [3.05, 3.63) is 70.5 Å². The molecule has 5 rings (SSSR count). The Labute approximate surface area is 241 Å². The SMILES string of the molecule is O=C(Nc1cc(F)c(F)c(F)c1)c1ccc(Cl)c(S(=O)(=O)C2CC3CC[C@@H](C2)C3(O)CCC(=O)C2CC=CCC2)c1. The summed E-state index contributed by atoms with van der Waals surface area (Å²) in [4.78, 5) is 25.3. The molecule has 2 bridgehead atoms. The van der Waals surface area contributed by atoms with Gasteiger partial charge in [-0.25, -0.2) is 21.6 Å². The van der Waals surface area contributed by atoms with Crippen LogP contribution in [0.15, 0.2) is 47.4 Å². The zero-order chi connectivity index (χ0) is 29.5. The number of fused-ring (bicyclic) bond motifs is 2. The van der Waals surface area contributed by atoms with Gasteiger partial charge in [0.2, 0.25) is 0 Å². The normalized spacial score (nSPS) is 27.5. The lowest BCUT2D eigenvalue weighted by Gasteiger charge is -2.42. The van der Waals surface area contributed by atoms with Crippen LogP contribution < -0.4 is 5.32 Å². The average Bonchev–Trinajstić information content (AvgIpc) is 3.10. The number of amides is 1. The third-order valence-corrected chi connectivity index (χ3v) is 11.7. The average molecular weight is 610 g/mol. The second-order valence-corrected chi connectivity index (χ2v) is 14.0. The summed E-state index contributed by atoms with van der Waals surface area (Å²) >= 11 is 6.28. The maximum atomic E-state index is 13.8. The molecule has 2 saturated carbocycles. The van der Waals surface area contributed by atoms with Crippen LogP contribution in [0.3, 0.4) is 0 Å². The molecule has 0 radical (unpaired) electrons. The summed E-state index contributed by atoms with van der Waals surface area (Å²) in [6.45, 7) is 0. The molecule has 3 aliphatic rings. The van der Waals surface area contributed by atoms with Crippen molar-refractivity contribution in [1.82, 2.24) is 0 Å². The van der Waals surface area contributed by atoms with Crippen LogP contribution in [0, 0.1) is 35.2 Å². The van der Waals surface area contributed by atoms with Crippen LogP contribution in [-0.2, 0) is 14.6 Å². The fourth-order valence-electron chi connectivity index (χ4n) is 6.76. The fourth-order valence-corrected chi connectivity index (χ4v) is 9.16. The van der Waals surface area contributed by atoms with Crippen molar-refractivity contribution >= 4 is 38.8 Å². The first-order valence-corrected chi connectivity index (χ1v) is 15.7. The van der Waals surface area contributed by atoms with Gasteiger partial charge in [0.25, 0.3) is 5.91 Å². The molecule has 6 nitrogen and oxygen atoms in total. The second-order valence-electron chi connectivity index (χ2n) is 11.4. The molecular formula is C30H31ClF3NO5S. The Morgan fingerprint density at radius 3 is 2.27 bits per heavy atom. The predicted molar refractivity (Wildman–Crippen MR) is 148 cm³/mol. The first-order chi connectivity index (χ1) is 19.4. The first kappa shape index (κ1) is 29.8. The van der Waals surface area contributed by atoms with Crippen molar-refractivity contribution in [1.29, 1.82) is 0 Å². The summed E-state index contributed by atoms with van der Waals surface area (Å²) in [6, 6.07) is 4.87. The topological polar surface area (TPSA) is 101 Å². The number of halogens is 4. The van der Waals surface area contributed by atoms with Gasteiger partial charge in [0.1, 0.15) is 5.78 Å². The standard InChI is InChI=1S/C30H31ClF3NO5S/c31-23-9-6-18(29(37)35-21-15-24(32)28(34)25(33)16-21)12-27(23)41(39,40)22-13-19-7-8-20(14-22)30(19,38)11-10-26(36)17-4-2-1-3-5-17/h1-2,6,9,12,15-17,19-20,22,38H,3-5,7-8,10-11,13-14H2,(H,35,37)/t17?,19-,20?,22?,30?/m0/s1. The largest absolute Gasteiger partial charge is 0.389 e. The Kier molecular flexibility index (Phi) is 8.38. The van der Waals surface area contributed by atoms with Crippen molar-refractivity contribution in [2.45, 2.75) is 73.5 Å². The van der Waals surface area contributed by atoms with Crippen LogP contribution in [0.25, 0.3) is 0 Å². The van der Waals surface area contributed by atoms with E-state index in [4.69, 9.17) is 11.6 Å². The minimum Gasteiger partial charge on any atom is -0.389 e. The third kappa shape index (κ3) is 5.83. The van der Waals surface area contributed by atoms with E-state index >= 15 is 0 Å². The Bertz CT molecular complexity index is 1470. The van der Waals surface area contributed by atoms with Crippen LogP contribution in [0.4, 0.5) is 18.9 Å². The third-order valence-electron chi connectivity index (χ3n) is 9.05. The van der Waals surface area contributed by atoms with Gasteiger partial charge in [0, 0.05) is 35.7 Å². The second kappa shape index (κ2) is 11.5. The molecule has 11 heteroatoms. The molecule has 2 N–H and O–H groups in total. The molecule has 2 aromatic carbocycles. The van der Waals surface area contributed by atoms with Gasteiger partial charge >= 0.3 is 0 Å². The van der Waals surface area contributed by atoms with Crippen LogP contribution in [0.2, 0.25) is 5.02 Å². The van der Waals surface area contributed by atoms with Crippen molar-refractivity contribution in [3.63, 3.8) is 0 Å². The molecule has 0 saturated heterocycles. The summed E-state index contributed by atoms with van der Waals surface area (Å²) in [5.41, 5.74) is -1.56. The van der Waals surface area contributed by atoms with Gasteiger partial charge in [-0.3, -0.25) is 9.59 Å². The predicted octanol–water partition coefficient (Wildman–Crippen LogP) is 6.41. The van der Waals surface area contributed by atoms with Crippen LogP contribution in [0.1, 0.15) is 68.1 Å². The minimum absolute atomic E-state index is 0.0225. The maximum absolute atomic E-state index is 13.8. The molecule has 1 amide bonds. The number of anilines is 1. The van der Waals surface area contributed by atoms with Crippen molar-refractivity contribution < 1.29 is 36.3 Å². The number of Topliss-reactive ketones (excluding diaryl/α,β-unsaturated/α-hetero) is 1. The molecule has 3 aliphatic carbocycles. The number of carbonyl (C=O) groups is 2. The van der Waals surface area contributed by atoms with Gasteiger partial charge in [0.15, 0.2) is 27.3 Å². The summed E-state index contributed by atoms with van der Waals surface area (Å²) in [6.07, 6.45) is 8.82. The number of nitrogens with one attached hydrogen (secondary N) is 1. The van der Waals surface area contributed by atoms with Crippen LogP contribution in [0.5, 0.6) is 0 Å². The molecule has 0 spiro atoms. The Balaban J connectivity index is 1.30. The highest BCUT2D eigenvalue weighted by Gasteiger charge is 2.55. The highest BCUT2D eigenvalue weighted by Crippen LogP contribution is 2.54. The Hall–Kier alpha value is -2.69. The van der Waals surface area contributed by atoms with E-state index < -0.39 is 44.0 Å². The summed E-state index contributed by atoms with van der Waals surface area (Å²) in [5, 5.41) is 12.9. The molecule has 0 aliphatic heterocycles. The summed E-state index contributed by atoms with van der Waals surface area (Å²) in [5.74, 6) is -5.95. The number of sulfone groups is 1. The maximum Gasteiger partial charge on any atom is 0.255 e. The van der Waals surface area contributed by atoms with E-state index in [0.29, 0.717) is 31.4 Å². The number of aliphatic hydroxyl groups is 1. The molecule has 2 fully saturated rings. The number of allylic oxidation sites excluding steroid dienone is 2. The van der Waals surface area contributed by atoms with E-state index in [1.807, 2.05) is 6.08 Å². The van der Waals surface area contributed by atoms with Gasteiger partial charge in [-0.05, 0) is 81.4 Å². The lowest BCUT2D eigenvalue weighted by molar-refractivity contribution is -0.126.